The van der Waals surface area contributed by atoms with E-state index in [0.717, 1.165) is 19.4 Å². The van der Waals surface area contributed by atoms with Crippen molar-refractivity contribution in [1.82, 2.24) is 10.2 Å². The Hall–Kier alpha value is -1.26. The van der Waals surface area contributed by atoms with Crippen LogP contribution in [0, 0.1) is 11.8 Å². The Bertz CT molecular complexity index is 294. The van der Waals surface area contributed by atoms with Crippen molar-refractivity contribution in [2.45, 2.75) is 39.5 Å². The number of nitrogens with zero attached hydrogens (tertiary/aromatic N) is 1. The van der Waals surface area contributed by atoms with Gasteiger partial charge in [-0.3, -0.25) is 4.79 Å². The summed E-state index contributed by atoms with van der Waals surface area (Å²) in [6.07, 6.45) is 2.85. The maximum Gasteiger partial charge on any atom is 0.317 e. The highest BCUT2D eigenvalue weighted by Crippen LogP contribution is 2.20. The fraction of sp³-hybridized carbons (Fsp3) is 0.846. The molecule has 5 nitrogen and oxygen atoms in total. The van der Waals surface area contributed by atoms with Crippen LogP contribution >= 0.6 is 0 Å². The number of aliphatic carboxylic acids is 1. The number of amides is 2. The third kappa shape index (κ3) is 4.94. The molecular formula is C13H24N2O3. The molecule has 18 heavy (non-hydrogen) atoms. The Labute approximate surface area is 109 Å². The number of urea groups is 1. The van der Waals surface area contributed by atoms with E-state index >= 15 is 0 Å². The fourth-order valence-corrected chi connectivity index (χ4v) is 2.10. The molecule has 2 N–H and O–H groups in total. The lowest BCUT2D eigenvalue weighted by Crippen LogP contribution is -2.40. The molecule has 0 saturated carbocycles. The Morgan fingerprint density at radius 3 is 2.83 bits per heavy atom. The van der Waals surface area contributed by atoms with Crippen molar-refractivity contribution in [2.75, 3.05) is 19.6 Å². The normalized spacial score (nSPS) is 20.8. The van der Waals surface area contributed by atoms with Gasteiger partial charge in [0.15, 0.2) is 0 Å². The zero-order chi connectivity index (χ0) is 13.5. The summed E-state index contributed by atoms with van der Waals surface area (Å²) in [5.41, 5.74) is 0. The molecule has 0 bridgehead atoms. The van der Waals surface area contributed by atoms with Crippen molar-refractivity contribution in [3.8, 4) is 0 Å². The Morgan fingerprint density at radius 2 is 2.22 bits per heavy atom. The van der Waals surface area contributed by atoms with Crippen LogP contribution in [0.25, 0.3) is 0 Å². The van der Waals surface area contributed by atoms with E-state index in [0.29, 0.717) is 31.3 Å². The van der Waals surface area contributed by atoms with Crippen molar-refractivity contribution in [3.05, 3.63) is 0 Å². The maximum absolute atomic E-state index is 11.8. The number of hydrogen-bond acceptors (Lipinski definition) is 2. The molecular weight excluding hydrogens is 232 g/mol. The highest BCUT2D eigenvalue weighted by molar-refractivity contribution is 5.74. The summed E-state index contributed by atoms with van der Waals surface area (Å²) < 4.78 is 0. The third-order valence-electron chi connectivity index (χ3n) is 3.64. The lowest BCUT2D eigenvalue weighted by atomic mass is 10.0. The Balaban J connectivity index is 2.24. The first kappa shape index (κ1) is 14.8. The average Bonchev–Trinajstić information content (AvgIpc) is 2.81. The number of carbonyl (C=O) groups is 2. The molecule has 0 aromatic carbocycles. The Kier molecular flexibility index (Phi) is 5.95. The van der Waals surface area contributed by atoms with Crippen LogP contribution in [0.5, 0.6) is 0 Å². The summed E-state index contributed by atoms with van der Waals surface area (Å²) in [4.78, 5) is 24.1. The number of likely N-dealkylation sites (tertiary alicyclic amines) is 1. The number of carboxylic acids is 1. The van der Waals surface area contributed by atoms with E-state index in [2.05, 4.69) is 19.2 Å². The molecule has 1 saturated heterocycles. The van der Waals surface area contributed by atoms with Crippen molar-refractivity contribution >= 4 is 12.0 Å². The lowest BCUT2D eigenvalue weighted by molar-refractivity contribution is -0.137. The van der Waals surface area contributed by atoms with Crippen LogP contribution in [0.3, 0.4) is 0 Å². The van der Waals surface area contributed by atoms with Gasteiger partial charge in [-0.1, -0.05) is 20.3 Å². The van der Waals surface area contributed by atoms with Crippen LogP contribution in [-0.2, 0) is 4.79 Å². The van der Waals surface area contributed by atoms with Gasteiger partial charge in [0.05, 0.1) is 0 Å². The predicted octanol–water partition coefficient (Wildman–Crippen LogP) is 1.93. The van der Waals surface area contributed by atoms with E-state index in [1.54, 1.807) is 4.90 Å². The van der Waals surface area contributed by atoms with Crippen molar-refractivity contribution in [2.24, 2.45) is 11.8 Å². The summed E-state index contributed by atoms with van der Waals surface area (Å²) in [7, 11) is 0. The van der Waals surface area contributed by atoms with Gasteiger partial charge in [-0.25, -0.2) is 4.79 Å². The van der Waals surface area contributed by atoms with Crippen LogP contribution in [0.2, 0.25) is 0 Å². The minimum Gasteiger partial charge on any atom is -0.481 e. The standard InChI is InChI=1S/C13H24N2O3/c1-3-10(2)8-14-13(18)15-7-6-11(9-15)4-5-12(16)17/h10-11H,3-9H2,1-2H3,(H,14,18)(H,16,17). The molecule has 2 unspecified atom stereocenters. The maximum atomic E-state index is 11.8. The molecule has 0 spiro atoms. The molecule has 1 aliphatic heterocycles. The molecule has 1 aliphatic rings. The van der Waals surface area contributed by atoms with Crippen molar-refractivity contribution < 1.29 is 14.7 Å². The first-order valence-electron chi connectivity index (χ1n) is 6.77. The number of hydrogen-bond donors (Lipinski definition) is 2. The number of nitrogens with one attached hydrogen (secondary N) is 1. The summed E-state index contributed by atoms with van der Waals surface area (Å²) in [6, 6.07) is -0.00637. The summed E-state index contributed by atoms with van der Waals surface area (Å²) in [5, 5.41) is 11.6. The van der Waals surface area contributed by atoms with E-state index in [1.807, 2.05) is 0 Å². The second kappa shape index (κ2) is 7.24. The quantitative estimate of drug-likeness (QED) is 0.763. The van der Waals surface area contributed by atoms with E-state index in [1.165, 1.54) is 0 Å². The molecule has 5 heteroatoms. The van der Waals surface area contributed by atoms with Crippen LogP contribution in [0.4, 0.5) is 4.79 Å². The highest BCUT2D eigenvalue weighted by atomic mass is 16.4. The second-order valence-electron chi connectivity index (χ2n) is 5.23. The average molecular weight is 256 g/mol. The van der Waals surface area contributed by atoms with Gasteiger partial charge >= 0.3 is 12.0 Å². The molecule has 1 heterocycles. The van der Waals surface area contributed by atoms with E-state index in [4.69, 9.17) is 5.11 Å². The molecule has 2 amide bonds. The van der Waals surface area contributed by atoms with Gasteiger partial charge in [0.25, 0.3) is 0 Å². The van der Waals surface area contributed by atoms with E-state index in [9.17, 15) is 9.59 Å². The largest absolute Gasteiger partial charge is 0.481 e. The lowest BCUT2D eigenvalue weighted by Gasteiger charge is -2.18. The Morgan fingerprint density at radius 1 is 1.50 bits per heavy atom. The molecule has 1 rings (SSSR count). The number of carboxylic acid groups (broad SMARTS) is 1. The van der Waals surface area contributed by atoms with Gasteiger partial charge in [0.1, 0.15) is 0 Å². The van der Waals surface area contributed by atoms with Gasteiger partial charge in [0.2, 0.25) is 0 Å². The summed E-state index contributed by atoms with van der Waals surface area (Å²) >= 11 is 0. The van der Waals surface area contributed by atoms with Crippen LogP contribution < -0.4 is 5.32 Å². The van der Waals surface area contributed by atoms with Gasteiger partial charge in [-0.05, 0) is 24.7 Å². The highest BCUT2D eigenvalue weighted by Gasteiger charge is 2.26. The van der Waals surface area contributed by atoms with Gasteiger partial charge < -0.3 is 15.3 Å². The van der Waals surface area contributed by atoms with Crippen LogP contribution in [0.15, 0.2) is 0 Å². The third-order valence-corrected chi connectivity index (χ3v) is 3.64. The zero-order valence-electron chi connectivity index (χ0n) is 11.3. The molecule has 0 aliphatic carbocycles. The van der Waals surface area contributed by atoms with Crippen molar-refractivity contribution in [3.63, 3.8) is 0 Å². The first-order valence-corrected chi connectivity index (χ1v) is 6.77. The van der Waals surface area contributed by atoms with E-state index < -0.39 is 5.97 Å². The second-order valence-corrected chi connectivity index (χ2v) is 5.23. The predicted molar refractivity (Wildman–Crippen MR) is 69.4 cm³/mol. The molecule has 104 valence electrons. The molecule has 1 fully saturated rings. The van der Waals surface area contributed by atoms with Crippen LogP contribution in [-0.4, -0.2) is 41.6 Å². The number of carbonyl (C=O) groups excluding carboxylic acids is 1. The first-order chi connectivity index (χ1) is 8.52. The monoisotopic (exact) mass is 256 g/mol. The van der Waals surface area contributed by atoms with E-state index in [-0.39, 0.29) is 12.5 Å². The molecule has 0 aromatic heterocycles. The zero-order valence-corrected chi connectivity index (χ0v) is 11.3. The summed E-state index contributed by atoms with van der Waals surface area (Å²) in [6.45, 7) is 6.37. The SMILES string of the molecule is CCC(C)CNC(=O)N1CCC(CCC(=O)O)C1. The van der Waals surface area contributed by atoms with Gasteiger partial charge in [-0.15, -0.1) is 0 Å². The van der Waals surface area contributed by atoms with Crippen LogP contribution in [0.1, 0.15) is 39.5 Å². The molecule has 0 radical (unpaired) electrons. The minimum absolute atomic E-state index is 0.00637. The number of rotatable bonds is 6. The van der Waals surface area contributed by atoms with Gasteiger partial charge in [-0.2, -0.15) is 0 Å². The minimum atomic E-state index is -0.755. The fourth-order valence-electron chi connectivity index (χ4n) is 2.10. The molecule has 0 aromatic rings. The topological polar surface area (TPSA) is 69.6 Å². The summed E-state index contributed by atoms with van der Waals surface area (Å²) in [5.74, 6) is 0.0875. The van der Waals surface area contributed by atoms with Gasteiger partial charge in [0, 0.05) is 26.1 Å². The van der Waals surface area contributed by atoms with Crippen molar-refractivity contribution in [1.29, 1.82) is 0 Å². The smallest absolute Gasteiger partial charge is 0.317 e. The molecule has 2 atom stereocenters.